The highest BCUT2D eigenvalue weighted by molar-refractivity contribution is 5.69. The molecule has 0 atom stereocenters. The average Bonchev–Trinajstić information content (AvgIpc) is 2.43. The van der Waals surface area contributed by atoms with E-state index in [1.54, 1.807) is 6.07 Å². The van der Waals surface area contributed by atoms with Gasteiger partial charge >= 0.3 is 5.97 Å². The van der Waals surface area contributed by atoms with Crippen LogP contribution in [-0.2, 0) is 29.2 Å². The summed E-state index contributed by atoms with van der Waals surface area (Å²) >= 11 is 0. The summed E-state index contributed by atoms with van der Waals surface area (Å²) in [7, 11) is 0. The molecule has 0 saturated carbocycles. The van der Waals surface area contributed by atoms with E-state index in [1.165, 1.54) is 0 Å². The lowest BCUT2D eigenvalue weighted by Crippen LogP contribution is -1.98. The second-order valence-electron chi connectivity index (χ2n) is 2.72. The van der Waals surface area contributed by atoms with Crippen LogP contribution in [0, 0.1) is 0 Å². The van der Waals surface area contributed by atoms with E-state index in [-0.39, 0.29) is 6.42 Å². The van der Waals surface area contributed by atoms with Gasteiger partial charge in [0.2, 0.25) is 0 Å². The first-order chi connectivity index (χ1) is 5.75. The maximum Gasteiger partial charge on any atom is 0.311 e. The van der Waals surface area contributed by atoms with E-state index >= 15 is 0 Å². The largest absolute Gasteiger partial charge is 0.481 e. The molecule has 1 aromatic heterocycles. The van der Waals surface area contributed by atoms with Crippen LogP contribution >= 0.6 is 0 Å². The number of hydrogen-bond donors (Lipinski definition) is 1. The van der Waals surface area contributed by atoms with Crippen molar-refractivity contribution in [3.05, 3.63) is 23.2 Å². The van der Waals surface area contributed by atoms with E-state index < -0.39 is 5.97 Å². The molecule has 2 heterocycles. The van der Waals surface area contributed by atoms with Crippen molar-refractivity contribution in [1.29, 1.82) is 0 Å². The van der Waals surface area contributed by atoms with Gasteiger partial charge in [0, 0.05) is 5.56 Å². The highest BCUT2D eigenvalue weighted by Crippen LogP contribution is 2.23. The van der Waals surface area contributed by atoms with Crippen LogP contribution in [-0.4, -0.2) is 11.1 Å². The Morgan fingerprint density at radius 2 is 2.42 bits per heavy atom. The molecule has 0 fully saturated rings. The van der Waals surface area contributed by atoms with Gasteiger partial charge in [-0.15, -0.1) is 0 Å². The van der Waals surface area contributed by atoms with Crippen LogP contribution in [0.5, 0.6) is 0 Å². The standard InChI is InChI=1S/C8H8O4/c9-8(10)2-6-1-5-3-11-4-7(5)12-6/h1H,2-4H2,(H,9,10). The molecule has 1 N–H and O–H groups in total. The minimum Gasteiger partial charge on any atom is -0.481 e. The maximum atomic E-state index is 10.3. The van der Waals surface area contributed by atoms with Gasteiger partial charge in [-0.05, 0) is 6.07 Å². The number of carbonyl (C=O) groups is 1. The second kappa shape index (κ2) is 2.64. The minimum absolute atomic E-state index is 0.0486. The number of furan rings is 1. The van der Waals surface area contributed by atoms with E-state index in [0.717, 1.165) is 11.3 Å². The van der Waals surface area contributed by atoms with Crippen LogP contribution < -0.4 is 0 Å². The molecule has 1 aromatic rings. The van der Waals surface area contributed by atoms with Crippen LogP contribution in [0.2, 0.25) is 0 Å². The van der Waals surface area contributed by atoms with Crippen molar-refractivity contribution in [2.45, 2.75) is 19.6 Å². The Morgan fingerprint density at radius 1 is 1.58 bits per heavy atom. The van der Waals surface area contributed by atoms with Gasteiger partial charge in [-0.25, -0.2) is 0 Å². The van der Waals surface area contributed by atoms with Gasteiger partial charge in [-0.1, -0.05) is 0 Å². The summed E-state index contributed by atoms with van der Waals surface area (Å²) in [5, 5.41) is 8.47. The third-order valence-electron chi connectivity index (χ3n) is 1.76. The summed E-state index contributed by atoms with van der Waals surface area (Å²) in [6.07, 6.45) is -0.0486. The summed E-state index contributed by atoms with van der Waals surface area (Å²) in [5.41, 5.74) is 0.978. The molecular formula is C8H8O4. The predicted octanol–water partition coefficient (Wildman–Crippen LogP) is 0.937. The Hall–Kier alpha value is -1.29. The maximum absolute atomic E-state index is 10.3. The Kier molecular flexibility index (Phi) is 1.62. The zero-order valence-electron chi connectivity index (χ0n) is 6.37. The lowest BCUT2D eigenvalue weighted by Gasteiger charge is -1.91. The quantitative estimate of drug-likeness (QED) is 0.713. The van der Waals surface area contributed by atoms with E-state index in [4.69, 9.17) is 14.3 Å². The number of ether oxygens (including phenoxy) is 1. The van der Waals surface area contributed by atoms with Gasteiger partial charge in [-0.3, -0.25) is 4.79 Å². The summed E-state index contributed by atoms with van der Waals surface area (Å²) in [5.74, 6) is 0.408. The van der Waals surface area contributed by atoms with Crippen molar-refractivity contribution in [2.75, 3.05) is 0 Å². The van der Waals surface area contributed by atoms with E-state index in [1.807, 2.05) is 0 Å². The number of carboxylic acids is 1. The normalized spacial score (nSPS) is 14.7. The first kappa shape index (κ1) is 7.36. The number of fused-ring (bicyclic) bond motifs is 1. The van der Waals surface area contributed by atoms with Crippen molar-refractivity contribution in [1.82, 2.24) is 0 Å². The van der Waals surface area contributed by atoms with Gasteiger partial charge in [0.15, 0.2) is 0 Å². The summed E-state index contributed by atoms with van der Waals surface area (Å²) in [6, 6.07) is 1.75. The topological polar surface area (TPSA) is 59.7 Å². The van der Waals surface area contributed by atoms with Gasteiger partial charge in [0.1, 0.15) is 24.5 Å². The minimum atomic E-state index is -0.872. The Balaban J connectivity index is 2.20. The Morgan fingerprint density at radius 3 is 3.08 bits per heavy atom. The lowest BCUT2D eigenvalue weighted by molar-refractivity contribution is -0.136. The molecule has 0 bridgehead atoms. The monoisotopic (exact) mass is 168 g/mol. The third kappa shape index (κ3) is 1.21. The van der Waals surface area contributed by atoms with Crippen LogP contribution in [0.1, 0.15) is 17.1 Å². The zero-order valence-corrected chi connectivity index (χ0v) is 6.37. The molecule has 0 amide bonds. The molecule has 0 unspecified atom stereocenters. The molecule has 4 heteroatoms. The van der Waals surface area contributed by atoms with Gasteiger partial charge in [0.25, 0.3) is 0 Å². The molecule has 0 spiro atoms. The first-order valence-electron chi connectivity index (χ1n) is 3.65. The van der Waals surface area contributed by atoms with Crippen molar-refractivity contribution >= 4 is 5.97 Å². The van der Waals surface area contributed by atoms with Gasteiger partial charge < -0.3 is 14.3 Å². The van der Waals surface area contributed by atoms with Crippen molar-refractivity contribution in [2.24, 2.45) is 0 Å². The van der Waals surface area contributed by atoms with Crippen LogP contribution in [0.4, 0.5) is 0 Å². The molecule has 0 aromatic carbocycles. The predicted molar refractivity (Wildman–Crippen MR) is 38.5 cm³/mol. The number of rotatable bonds is 2. The molecule has 0 saturated heterocycles. The molecule has 0 aliphatic carbocycles. The fourth-order valence-corrected chi connectivity index (χ4v) is 1.26. The molecule has 4 nitrogen and oxygen atoms in total. The van der Waals surface area contributed by atoms with E-state index in [0.29, 0.717) is 19.0 Å². The second-order valence-corrected chi connectivity index (χ2v) is 2.72. The summed E-state index contributed by atoms with van der Waals surface area (Å²) < 4.78 is 10.3. The zero-order chi connectivity index (χ0) is 8.55. The van der Waals surface area contributed by atoms with Crippen molar-refractivity contribution in [3.63, 3.8) is 0 Å². The molecular weight excluding hydrogens is 160 g/mol. The van der Waals surface area contributed by atoms with Crippen LogP contribution in [0.3, 0.4) is 0 Å². The SMILES string of the molecule is O=C(O)Cc1cc2c(o1)COC2. The number of hydrogen-bond acceptors (Lipinski definition) is 3. The fraction of sp³-hybridized carbons (Fsp3) is 0.375. The summed E-state index contributed by atoms with van der Waals surface area (Å²) in [6.45, 7) is 1.01. The number of carboxylic acid groups (broad SMARTS) is 1. The number of aliphatic carboxylic acids is 1. The summed E-state index contributed by atoms with van der Waals surface area (Å²) in [4.78, 5) is 10.3. The van der Waals surface area contributed by atoms with Gasteiger partial charge in [0.05, 0.1) is 6.61 Å². The smallest absolute Gasteiger partial charge is 0.311 e. The van der Waals surface area contributed by atoms with E-state index in [2.05, 4.69) is 0 Å². The van der Waals surface area contributed by atoms with Crippen molar-refractivity contribution < 1.29 is 19.1 Å². The van der Waals surface area contributed by atoms with E-state index in [9.17, 15) is 4.79 Å². The lowest BCUT2D eigenvalue weighted by atomic mass is 10.2. The van der Waals surface area contributed by atoms with Crippen molar-refractivity contribution in [3.8, 4) is 0 Å². The Labute approximate surface area is 68.7 Å². The first-order valence-corrected chi connectivity index (χ1v) is 3.65. The van der Waals surface area contributed by atoms with Crippen LogP contribution in [0.15, 0.2) is 10.5 Å². The molecule has 64 valence electrons. The highest BCUT2D eigenvalue weighted by Gasteiger charge is 2.18. The molecule has 12 heavy (non-hydrogen) atoms. The fourth-order valence-electron chi connectivity index (χ4n) is 1.26. The molecule has 1 aliphatic rings. The van der Waals surface area contributed by atoms with Gasteiger partial charge in [-0.2, -0.15) is 0 Å². The molecule has 0 radical (unpaired) electrons. The molecule has 1 aliphatic heterocycles. The Bertz CT molecular complexity index is 291. The average molecular weight is 168 g/mol. The molecule has 2 rings (SSSR count). The highest BCUT2D eigenvalue weighted by atomic mass is 16.5. The third-order valence-corrected chi connectivity index (χ3v) is 1.76. The van der Waals surface area contributed by atoms with Crippen LogP contribution in [0.25, 0.3) is 0 Å².